The van der Waals surface area contributed by atoms with E-state index in [2.05, 4.69) is 16.0 Å². The van der Waals surface area contributed by atoms with Crippen molar-refractivity contribution in [3.8, 4) is 0 Å². The van der Waals surface area contributed by atoms with Crippen LogP contribution in [0.3, 0.4) is 0 Å². The highest BCUT2D eigenvalue weighted by atomic mass is 16.4. The molecule has 3 amide bonds. The van der Waals surface area contributed by atoms with E-state index in [1.165, 1.54) is 14.0 Å². The molecule has 0 saturated carbocycles. The number of amides is 3. The molecule has 7 heteroatoms. The Morgan fingerprint density at radius 2 is 1.81 bits per heavy atom. The van der Waals surface area contributed by atoms with Crippen molar-refractivity contribution in [3.63, 3.8) is 0 Å². The van der Waals surface area contributed by atoms with Crippen LogP contribution in [0.15, 0.2) is 0 Å². The van der Waals surface area contributed by atoms with Crippen molar-refractivity contribution in [1.29, 1.82) is 0 Å². The van der Waals surface area contributed by atoms with Gasteiger partial charge in [0.15, 0.2) is 0 Å². The molecular weight excluding hydrogens is 214 g/mol. The van der Waals surface area contributed by atoms with Crippen LogP contribution in [-0.4, -0.2) is 42.1 Å². The van der Waals surface area contributed by atoms with Crippen LogP contribution in [0.2, 0.25) is 0 Å². The molecule has 0 fully saturated rings. The van der Waals surface area contributed by atoms with Gasteiger partial charge in [0, 0.05) is 7.05 Å². The highest BCUT2D eigenvalue weighted by molar-refractivity contribution is 5.88. The number of nitrogens with one attached hydrogen (secondary N) is 3. The van der Waals surface area contributed by atoms with Crippen molar-refractivity contribution in [3.05, 3.63) is 0 Å². The van der Waals surface area contributed by atoms with E-state index in [0.717, 1.165) is 0 Å². The fraction of sp³-hybridized carbons (Fsp3) is 0.667. The molecule has 0 aromatic rings. The van der Waals surface area contributed by atoms with Crippen molar-refractivity contribution < 1.29 is 19.5 Å². The molecule has 0 spiro atoms. The van der Waals surface area contributed by atoms with Gasteiger partial charge in [0.1, 0.15) is 12.1 Å². The number of hydrogen-bond acceptors (Lipinski definition) is 3. The van der Waals surface area contributed by atoms with Gasteiger partial charge in [0.25, 0.3) is 0 Å². The first-order valence-corrected chi connectivity index (χ1v) is 4.93. The van der Waals surface area contributed by atoms with E-state index in [4.69, 9.17) is 5.11 Å². The first-order chi connectivity index (χ1) is 7.42. The standard InChI is InChI=1S/C9H17N3O4/c1-4-6(8(14)15)12-9(16)11-5(2)7(13)10-3/h5-6H,4H2,1-3H3,(H,10,13)(H,14,15)(H2,11,12,16). The topological polar surface area (TPSA) is 108 Å². The number of carboxylic acids is 1. The molecule has 16 heavy (non-hydrogen) atoms. The Balaban J connectivity index is 4.17. The first kappa shape index (κ1) is 14.2. The summed E-state index contributed by atoms with van der Waals surface area (Å²) in [4.78, 5) is 33.0. The third kappa shape index (κ3) is 4.63. The molecule has 92 valence electrons. The third-order valence-electron chi connectivity index (χ3n) is 2.00. The van der Waals surface area contributed by atoms with Gasteiger partial charge in [-0.2, -0.15) is 0 Å². The van der Waals surface area contributed by atoms with E-state index in [-0.39, 0.29) is 12.3 Å². The lowest BCUT2D eigenvalue weighted by molar-refractivity contribution is -0.139. The fourth-order valence-corrected chi connectivity index (χ4v) is 1.02. The number of likely N-dealkylation sites (N-methyl/N-ethyl adjacent to an activating group) is 1. The van der Waals surface area contributed by atoms with Crippen molar-refractivity contribution in [1.82, 2.24) is 16.0 Å². The molecular formula is C9H17N3O4. The SMILES string of the molecule is CCC(NC(=O)NC(C)C(=O)NC)C(=O)O. The summed E-state index contributed by atoms with van der Waals surface area (Å²) in [6, 6.07) is -2.33. The van der Waals surface area contributed by atoms with Crippen LogP contribution < -0.4 is 16.0 Å². The number of rotatable bonds is 5. The zero-order valence-corrected chi connectivity index (χ0v) is 9.53. The summed E-state index contributed by atoms with van der Waals surface area (Å²) in [5.74, 6) is -1.45. The maximum absolute atomic E-state index is 11.3. The monoisotopic (exact) mass is 231 g/mol. The number of hydrogen-bond donors (Lipinski definition) is 4. The molecule has 0 rings (SSSR count). The first-order valence-electron chi connectivity index (χ1n) is 4.93. The van der Waals surface area contributed by atoms with E-state index in [9.17, 15) is 14.4 Å². The van der Waals surface area contributed by atoms with Gasteiger partial charge in [0.2, 0.25) is 5.91 Å². The number of carbonyl (C=O) groups is 3. The van der Waals surface area contributed by atoms with Gasteiger partial charge >= 0.3 is 12.0 Å². The summed E-state index contributed by atoms with van der Waals surface area (Å²) >= 11 is 0. The molecule has 0 aromatic heterocycles. The molecule has 0 aliphatic heterocycles. The molecule has 0 bridgehead atoms. The van der Waals surface area contributed by atoms with E-state index >= 15 is 0 Å². The molecule has 0 aliphatic carbocycles. The zero-order valence-electron chi connectivity index (χ0n) is 9.53. The lowest BCUT2D eigenvalue weighted by Crippen LogP contribution is -2.51. The summed E-state index contributed by atoms with van der Waals surface area (Å²) in [6.45, 7) is 3.14. The van der Waals surface area contributed by atoms with Crippen molar-refractivity contribution >= 4 is 17.9 Å². The second kappa shape index (κ2) is 6.65. The molecule has 0 aromatic carbocycles. The fourth-order valence-electron chi connectivity index (χ4n) is 1.02. The quantitative estimate of drug-likeness (QED) is 0.501. The Morgan fingerprint density at radius 1 is 1.25 bits per heavy atom. The normalized spacial score (nSPS) is 13.4. The molecule has 0 saturated heterocycles. The second-order valence-corrected chi connectivity index (χ2v) is 3.25. The average Bonchev–Trinajstić information content (AvgIpc) is 2.23. The summed E-state index contributed by atoms with van der Waals surface area (Å²) in [5.41, 5.74) is 0. The number of carboxylic acid groups (broad SMARTS) is 1. The molecule has 0 heterocycles. The van der Waals surface area contributed by atoms with Gasteiger partial charge in [-0.3, -0.25) is 4.79 Å². The van der Waals surface area contributed by atoms with Crippen molar-refractivity contribution in [2.24, 2.45) is 0 Å². The van der Waals surface area contributed by atoms with Gasteiger partial charge in [-0.25, -0.2) is 9.59 Å². The average molecular weight is 231 g/mol. The minimum atomic E-state index is -1.11. The Hall–Kier alpha value is -1.79. The Labute approximate surface area is 93.6 Å². The molecule has 2 unspecified atom stereocenters. The maximum Gasteiger partial charge on any atom is 0.326 e. The zero-order chi connectivity index (χ0) is 12.7. The molecule has 7 nitrogen and oxygen atoms in total. The minimum Gasteiger partial charge on any atom is -0.480 e. The number of aliphatic carboxylic acids is 1. The van der Waals surface area contributed by atoms with Gasteiger partial charge in [-0.05, 0) is 13.3 Å². The Bertz CT molecular complexity index is 280. The van der Waals surface area contributed by atoms with Crippen LogP contribution in [0.4, 0.5) is 4.79 Å². The van der Waals surface area contributed by atoms with Crippen LogP contribution >= 0.6 is 0 Å². The number of carbonyl (C=O) groups excluding carboxylic acids is 2. The predicted octanol–water partition coefficient (Wildman–Crippen LogP) is -0.717. The van der Waals surface area contributed by atoms with E-state index in [0.29, 0.717) is 0 Å². The maximum atomic E-state index is 11.3. The van der Waals surface area contributed by atoms with Crippen LogP contribution in [0.5, 0.6) is 0 Å². The van der Waals surface area contributed by atoms with Gasteiger partial charge in [-0.1, -0.05) is 6.92 Å². The molecule has 0 radical (unpaired) electrons. The van der Waals surface area contributed by atoms with E-state index in [1.54, 1.807) is 6.92 Å². The van der Waals surface area contributed by atoms with Gasteiger partial charge in [0.05, 0.1) is 0 Å². The van der Waals surface area contributed by atoms with Crippen LogP contribution in [0.1, 0.15) is 20.3 Å². The molecule has 4 N–H and O–H groups in total. The van der Waals surface area contributed by atoms with E-state index < -0.39 is 24.1 Å². The highest BCUT2D eigenvalue weighted by Gasteiger charge is 2.20. The van der Waals surface area contributed by atoms with Gasteiger partial charge < -0.3 is 21.1 Å². The smallest absolute Gasteiger partial charge is 0.326 e. The lowest BCUT2D eigenvalue weighted by Gasteiger charge is -2.16. The highest BCUT2D eigenvalue weighted by Crippen LogP contribution is 1.91. The Morgan fingerprint density at radius 3 is 2.19 bits per heavy atom. The molecule has 0 aliphatic rings. The van der Waals surface area contributed by atoms with Crippen molar-refractivity contribution in [2.45, 2.75) is 32.4 Å². The van der Waals surface area contributed by atoms with Crippen LogP contribution in [0, 0.1) is 0 Å². The van der Waals surface area contributed by atoms with Crippen molar-refractivity contribution in [2.75, 3.05) is 7.05 Å². The molecule has 2 atom stereocenters. The lowest BCUT2D eigenvalue weighted by atomic mass is 10.2. The van der Waals surface area contributed by atoms with Crippen LogP contribution in [-0.2, 0) is 9.59 Å². The minimum absolute atomic E-state index is 0.275. The summed E-state index contributed by atoms with van der Waals surface area (Å²) in [6.07, 6.45) is 0.275. The van der Waals surface area contributed by atoms with Gasteiger partial charge in [-0.15, -0.1) is 0 Å². The Kier molecular flexibility index (Phi) is 5.91. The predicted molar refractivity (Wildman–Crippen MR) is 56.9 cm³/mol. The number of urea groups is 1. The summed E-state index contributed by atoms with van der Waals surface area (Å²) < 4.78 is 0. The third-order valence-corrected chi connectivity index (χ3v) is 2.00. The second-order valence-electron chi connectivity index (χ2n) is 3.25. The largest absolute Gasteiger partial charge is 0.480 e. The van der Waals surface area contributed by atoms with E-state index in [1.807, 2.05) is 0 Å². The summed E-state index contributed by atoms with van der Waals surface area (Å²) in [5, 5.41) is 15.6. The summed E-state index contributed by atoms with van der Waals surface area (Å²) in [7, 11) is 1.45. The van der Waals surface area contributed by atoms with Crippen LogP contribution in [0.25, 0.3) is 0 Å².